The van der Waals surface area contributed by atoms with Gasteiger partial charge in [0.1, 0.15) is 0 Å². The summed E-state index contributed by atoms with van der Waals surface area (Å²) in [6, 6.07) is 6.17. The molecule has 2 rings (SSSR count). The number of aryl methyl sites for hydroxylation is 2. The zero-order chi connectivity index (χ0) is 19.5. The number of aliphatic carboxylic acids is 1. The van der Waals surface area contributed by atoms with Crippen molar-refractivity contribution in [2.45, 2.75) is 90.4 Å². The van der Waals surface area contributed by atoms with Crippen LogP contribution in [0, 0.1) is 0 Å². The zero-order valence-electron chi connectivity index (χ0n) is 16.8. The maximum absolute atomic E-state index is 12.5. The number of rotatable bonds is 12. The fraction of sp³-hybridized carbons (Fsp3) is 0.583. The monoisotopic (exact) mass is 370 g/mol. The molecule has 0 amide bonds. The van der Waals surface area contributed by atoms with Crippen LogP contribution in [-0.2, 0) is 17.6 Å². The summed E-state index contributed by atoms with van der Waals surface area (Å²) in [5, 5.41) is 8.92. The van der Waals surface area contributed by atoms with Crippen LogP contribution in [0.2, 0.25) is 0 Å². The zero-order valence-corrected chi connectivity index (χ0v) is 16.8. The van der Waals surface area contributed by atoms with Gasteiger partial charge in [-0.1, -0.05) is 76.8 Å². The molecule has 0 aromatic heterocycles. The minimum atomic E-state index is -1.04. The fourth-order valence-electron chi connectivity index (χ4n) is 3.87. The number of Topliss-reactive ketones (excluding diaryl/α,β-unsaturated/α-hetero) is 1. The quantitative estimate of drug-likeness (QED) is 0.347. The first-order valence-electron chi connectivity index (χ1n) is 10.7. The van der Waals surface area contributed by atoms with E-state index in [4.69, 9.17) is 5.11 Å². The highest BCUT2D eigenvalue weighted by molar-refractivity contribution is 6.12. The first-order chi connectivity index (χ1) is 13.1. The van der Waals surface area contributed by atoms with Gasteiger partial charge in [0, 0.05) is 17.2 Å². The predicted molar refractivity (Wildman–Crippen MR) is 110 cm³/mol. The number of carboxylic acids is 1. The molecule has 0 unspecified atom stereocenters. The third kappa shape index (κ3) is 7.32. The minimum Gasteiger partial charge on any atom is -0.478 e. The summed E-state index contributed by atoms with van der Waals surface area (Å²) in [4.78, 5) is 23.4. The number of benzene rings is 1. The Balaban J connectivity index is 1.72. The summed E-state index contributed by atoms with van der Waals surface area (Å²) >= 11 is 0. The fourth-order valence-corrected chi connectivity index (χ4v) is 3.87. The van der Waals surface area contributed by atoms with E-state index in [1.54, 1.807) is 0 Å². The van der Waals surface area contributed by atoms with Crippen LogP contribution in [0.4, 0.5) is 0 Å². The number of allylic oxidation sites excluding steroid dienone is 1. The number of hydrogen-bond acceptors (Lipinski definition) is 2. The summed E-state index contributed by atoms with van der Waals surface area (Å²) in [6.45, 7) is 2.25. The van der Waals surface area contributed by atoms with Crippen molar-refractivity contribution < 1.29 is 14.7 Å². The number of carbonyl (C=O) groups excluding carboxylic acids is 1. The number of ketones is 1. The summed E-state index contributed by atoms with van der Waals surface area (Å²) in [5.41, 5.74) is 3.37. The van der Waals surface area contributed by atoms with Gasteiger partial charge in [0.2, 0.25) is 0 Å². The van der Waals surface area contributed by atoms with Crippen LogP contribution in [0.15, 0.2) is 29.8 Å². The van der Waals surface area contributed by atoms with E-state index in [0.29, 0.717) is 17.6 Å². The van der Waals surface area contributed by atoms with Gasteiger partial charge in [-0.15, -0.1) is 0 Å². The standard InChI is InChI=1S/C24H34O3/c1-2-3-4-5-6-7-8-9-10-11-12-19-13-14-20-15-16-21(18-23(25)26)24(27)22(20)17-19/h13-14,17-18H,2-12,15-16H2,1H3,(H,25,26). The van der Waals surface area contributed by atoms with Crippen LogP contribution >= 0.6 is 0 Å². The SMILES string of the molecule is CCCCCCCCCCCCc1ccc2c(c1)C(=O)C(=CC(=O)O)CC2. The maximum Gasteiger partial charge on any atom is 0.328 e. The van der Waals surface area contributed by atoms with Crippen LogP contribution in [0.3, 0.4) is 0 Å². The molecule has 0 saturated heterocycles. The van der Waals surface area contributed by atoms with Crippen molar-refractivity contribution in [3.8, 4) is 0 Å². The van der Waals surface area contributed by atoms with Crippen LogP contribution in [0.5, 0.6) is 0 Å². The summed E-state index contributed by atoms with van der Waals surface area (Å²) in [5.74, 6) is -1.15. The molecule has 0 heterocycles. The summed E-state index contributed by atoms with van der Waals surface area (Å²) < 4.78 is 0. The Kier molecular flexibility index (Phi) is 9.30. The molecule has 1 aliphatic rings. The molecule has 0 fully saturated rings. The van der Waals surface area contributed by atoms with E-state index >= 15 is 0 Å². The number of unbranched alkanes of at least 4 members (excludes halogenated alkanes) is 9. The van der Waals surface area contributed by atoms with Crippen molar-refractivity contribution >= 4 is 11.8 Å². The average molecular weight is 371 g/mol. The van der Waals surface area contributed by atoms with Crippen molar-refractivity contribution in [2.75, 3.05) is 0 Å². The smallest absolute Gasteiger partial charge is 0.328 e. The Bertz CT molecular complexity index is 658. The lowest BCUT2D eigenvalue weighted by atomic mass is 9.85. The lowest BCUT2D eigenvalue weighted by Gasteiger charge is -2.18. The molecule has 0 aliphatic heterocycles. The molecule has 0 saturated carbocycles. The molecule has 1 aromatic carbocycles. The second-order valence-corrected chi connectivity index (χ2v) is 7.76. The molecular formula is C24H34O3. The van der Waals surface area contributed by atoms with E-state index in [1.807, 2.05) is 6.07 Å². The van der Waals surface area contributed by atoms with E-state index in [9.17, 15) is 9.59 Å². The van der Waals surface area contributed by atoms with Gasteiger partial charge in [0.25, 0.3) is 0 Å². The van der Waals surface area contributed by atoms with E-state index in [1.165, 1.54) is 63.4 Å². The maximum atomic E-state index is 12.5. The summed E-state index contributed by atoms with van der Waals surface area (Å²) in [6.07, 6.45) is 16.5. The van der Waals surface area contributed by atoms with Crippen LogP contribution in [0.1, 0.15) is 99.0 Å². The molecular weight excluding hydrogens is 336 g/mol. The highest BCUT2D eigenvalue weighted by Crippen LogP contribution is 2.26. The number of carboxylic acid groups (broad SMARTS) is 1. The van der Waals surface area contributed by atoms with Crippen LogP contribution < -0.4 is 0 Å². The van der Waals surface area contributed by atoms with Gasteiger partial charge in [0.15, 0.2) is 5.78 Å². The molecule has 148 valence electrons. The van der Waals surface area contributed by atoms with Gasteiger partial charge in [-0.2, -0.15) is 0 Å². The Morgan fingerprint density at radius 3 is 2.22 bits per heavy atom. The highest BCUT2D eigenvalue weighted by atomic mass is 16.4. The first kappa shape index (κ1) is 21.4. The topological polar surface area (TPSA) is 54.4 Å². The molecule has 0 bridgehead atoms. The van der Waals surface area contributed by atoms with Crippen molar-refractivity contribution in [1.29, 1.82) is 0 Å². The lowest BCUT2D eigenvalue weighted by molar-refractivity contribution is -0.131. The van der Waals surface area contributed by atoms with Crippen molar-refractivity contribution in [1.82, 2.24) is 0 Å². The lowest BCUT2D eigenvalue weighted by Crippen LogP contribution is -2.15. The van der Waals surface area contributed by atoms with Gasteiger partial charge >= 0.3 is 5.97 Å². The average Bonchev–Trinajstić information content (AvgIpc) is 2.65. The second kappa shape index (κ2) is 11.7. The Morgan fingerprint density at radius 2 is 1.59 bits per heavy atom. The largest absolute Gasteiger partial charge is 0.478 e. The van der Waals surface area contributed by atoms with Crippen LogP contribution in [-0.4, -0.2) is 16.9 Å². The molecule has 0 atom stereocenters. The molecule has 3 heteroatoms. The Morgan fingerprint density at radius 1 is 0.963 bits per heavy atom. The molecule has 27 heavy (non-hydrogen) atoms. The van der Waals surface area contributed by atoms with Gasteiger partial charge in [0.05, 0.1) is 0 Å². The second-order valence-electron chi connectivity index (χ2n) is 7.76. The van der Waals surface area contributed by atoms with Crippen molar-refractivity contribution in [2.24, 2.45) is 0 Å². The van der Waals surface area contributed by atoms with Gasteiger partial charge in [-0.05, 0) is 42.9 Å². The van der Waals surface area contributed by atoms with E-state index < -0.39 is 5.97 Å². The van der Waals surface area contributed by atoms with E-state index in [-0.39, 0.29) is 5.78 Å². The molecule has 1 aliphatic carbocycles. The van der Waals surface area contributed by atoms with Crippen molar-refractivity contribution in [3.63, 3.8) is 0 Å². The first-order valence-corrected chi connectivity index (χ1v) is 10.7. The molecule has 0 spiro atoms. The van der Waals surface area contributed by atoms with Gasteiger partial charge < -0.3 is 5.11 Å². The van der Waals surface area contributed by atoms with E-state index in [2.05, 4.69) is 19.1 Å². The van der Waals surface area contributed by atoms with Crippen molar-refractivity contribution in [3.05, 3.63) is 46.5 Å². The highest BCUT2D eigenvalue weighted by Gasteiger charge is 2.22. The minimum absolute atomic E-state index is 0.108. The molecule has 1 aromatic rings. The van der Waals surface area contributed by atoms with E-state index in [0.717, 1.165) is 30.9 Å². The number of hydrogen-bond donors (Lipinski definition) is 1. The Labute approximate surface area is 163 Å². The van der Waals surface area contributed by atoms with Gasteiger partial charge in [-0.3, -0.25) is 4.79 Å². The Hall–Kier alpha value is -1.90. The molecule has 0 radical (unpaired) electrons. The third-order valence-corrected chi connectivity index (χ3v) is 5.49. The third-order valence-electron chi connectivity index (χ3n) is 5.49. The number of fused-ring (bicyclic) bond motifs is 1. The van der Waals surface area contributed by atoms with Gasteiger partial charge in [-0.25, -0.2) is 4.79 Å². The summed E-state index contributed by atoms with van der Waals surface area (Å²) in [7, 11) is 0. The molecule has 1 N–H and O–H groups in total. The van der Waals surface area contributed by atoms with Crippen LogP contribution in [0.25, 0.3) is 0 Å². The number of carbonyl (C=O) groups is 2. The normalized spacial score (nSPS) is 15.1. The predicted octanol–water partition coefficient (Wildman–Crippen LogP) is 6.29. The molecule has 3 nitrogen and oxygen atoms in total.